The number of nitrogens with two attached hydrogens (primary N) is 1. The van der Waals surface area contributed by atoms with Crippen molar-refractivity contribution in [1.29, 1.82) is 0 Å². The van der Waals surface area contributed by atoms with Crippen LogP contribution >= 0.6 is 0 Å². The maximum Gasteiger partial charge on any atom is 0.272 e. The third kappa shape index (κ3) is 1.46. The van der Waals surface area contributed by atoms with Gasteiger partial charge in [0.1, 0.15) is 5.82 Å². The zero-order valence-electron chi connectivity index (χ0n) is 7.31. The van der Waals surface area contributed by atoms with Crippen molar-refractivity contribution >= 4 is 5.69 Å². The van der Waals surface area contributed by atoms with Gasteiger partial charge in [0.15, 0.2) is 0 Å². The second-order valence-electron chi connectivity index (χ2n) is 3.47. The van der Waals surface area contributed by atoms with Gasteiger partial charge in [0, 0.05) is 18.0 Å². The summed E-state index contributed by atoms with van der Waals surface area (Å²) in [5, 5.41) is 10.3. The summed E-state index contributed by atoms with van der Waals surface area (Å²) in [5.41, 5.74) is 5.83. The molecule has 1 aromatic rings. The number of nitro benzene ring substituents is 1. The van der Waals surface area contributed by atoms with Crippen LogP contribution in [0.4, 0.5) is 10.1 Å². The highest BCUT2D eigenvalue weighted by atomic mass is 19.1. The fraction of sp³-hybridized carbons (Fsp3) is 0.333. The van der Waals surface area contributed by atoms with Gasteiger partial charge in [-0.15, -0.1) is 0 Å². The van der Waals surface area contributed by atoms with Crippen LogP contribution in [-0.4, -0.2) is 11.0 Å². The number of rotatable bonds is 2. The third-order valence-electron chi connectivity index (χ3n) is 2.43. The lowest BCUT2D eigenvalue weighted by Crippen LogP contribution is -2.02. The monoisotopic (exact) mass is 196 g/mol. The largest absolute Gasteiger partial charge is 0.327 e. The number of benzene rings is 1. The number of hydrogen-bond donors (Lipinski definition) is 1. The minimum atomic E-state index is -0.611. The van der Waals surface area contributed by atoms with Gasteiger partial charge in [-0.05, 0) is 18.1 Å². The van der Waals surface area contributed by atoms with Crippen LogP contribution in [0, 0.1) is 15.9 Å². The van der Waals surface area contributed by atoms with E-state index >= 15 is 0 Å². The molecule has 1 aliphatic carbocycles. The molecule has 0 heterocycles. The molecule has 14 heavy (non-hydrogen) atoms. The molecule has 2 N–H and O–H groups in total. The number of nitro groups is 1. The smallest absolute Gasteiger partial charge is 0.272 e. The van der Waals surface area contributed by atoms with E-state index in [1.807, 2.05) is 0 Å². The molecule has 0 aromatic heterocycles. The Morgan fingerprint density at radius 3 is 2.64 bits per heavy atom. The molecule has 0 amide bonds. The predicted octanol–water partition coefficient (Wildman–Crippen LogP) is 1.55. The van der Waals surface area contributed by atoms with Gasteiger partial charge in [0.2, 0.25) is 0 Å². The van der Waals surface area contributed by atoms with Crippen LogP contribution in [0.3, 0.4) is 0 Å². The van der Waals surface area contributed by atoms with E-state index in [9.17, 15) is 14.5 Å². The van der Waals surface area contributed by atoms with Crippen molar-refractivity contribution in [3.05, 3.63) is 39.7 Å². The molecule has 1 fully saturated rings. The van der Waals surface area contributed by atoms with Gasteiger partial charge in [-0.1, -0.05) is 0 Å². The van der Waals surface area contributed by atoms with Crippen molar-refractivity contribution in [3.8, 4) is 0 Å². The van der Waals surface area contributed by atoms with Crippen molar-refractivity contribution in [2.24, 2.45) is 5.73 Å². The lowest BCUT2D eigenvalue weighted by Gasteiger charge is -2.00. The average molecular weight is 196 g/mol. The summed E-state index contributed by atoms with van der Waals surface area (Å²) >= 11 is 0. The molecule has 2 rings (SSSR count). The summed E-state index contributed by atoms with van der Waals surface area (Å²) in [6.45, 7) is 0. The molecule has 1 aliphatic rings. The van der Waals surface area contributed by atoms with E-state index in [1.54, 1.807) is 0 Å². The molecule has 0 bridgehead atoms. The van der Waals surface area contributed by atoms with E-state index in [4.69, 9.17) is 5.73 Å². The molecule has 0 saturated heterocycles. The van der Waals surface area contributed by atoms with Crippen LogP contribution in [0.15, 0.2) is 18.2 Å². The van der Waals surface area contributed by atoms with Crippen molar-refractivity contribution in [3.63, 3.8) is 0 Å². The molecule has 2 unspecified atom stereocenters. The first-order chi connectivity index (χ1) is 6.59. The summed E-state index contributed by atoms with van der Waals surface area (Å²) < 4.78 is 13.3. The fourth-order valence-electron chi connectivity index (χ4n) is 1.50. The van der Waals surface area contributed by atoms with Gasteiger partial charge < -0.3 is 5.73 Å². The third-order valence-corrected chi connectivity index (χ3v) is 2.43. The Bertz CT molecular complexity index is 394. The Kier molecular flexibility index (Phi) is 1.96. The number of halogens is 1. The first-order valence-corrected chi connectivity index (χ1v) is 4.29. The summed E-state index contributed by atoms with van der Waals surface area (Å²) in [6.07, 6.45) is 0.759. The Morgan fingerprint density at radius 2 is 2.21 bits per heavy atom. The molecule has 5 heteroatoms. The van der Waals surface area contributed by atoms with Gasteiger partial charge in [-0.2, -0.15) is 0 Å². The first-order valence-electron chi connectivity index (χ1n) is 4.29. The van der Waals surface area contributed by atoms with Crippen LogP contribution in [-0.2, 0) is 0 Å². The highest BCUT2D eigenvalue weighted by Gasteiger charge is 2.37. The van der Waals surface area contributed by atoms with Crippen LogP contribution in [0.25, 0.3) is 0 Å². The van der Waals surface area contributed by atoms with Crippen LogP contribution in [0.5, 0.6) is 0 Å². The number of non-ortho nitro benzene ring substituents is 1. The van der Waals surface area contributed by atoms with E-state index in [0.717, 1.165) is 12.5 Å². The number of nitrogens with zero attached hydrogens (tertiary/aromatic N) is 1. The Labute approximate surface area is 79.7 Å². The van der Waals surface area contributed by atoms with E-state index < -0.39 is 10.7 Å². The van der Waals surface area contributed by atoms with E-state index in [2.05, 4.69) is 0 Å². The highest BCUT2D eigenvalue weighted by molar-refractivity contribution is 5.38. The summed E-state index contributed by atoms with van der Waals surface area (Å²) in [4.78, 5) is 9.72. The lowest BCUT2D eigenvalue weighted by atomic mass is 10.1. The predicted molar refractivity (Wildman–Crippen MR) is 48.4 cm³/mol. The molecule has 2 atom stereocenters. The Hall–Kier alpha value is -1.49. The molecule has 74 valence electrons. The van der Waals surface area contributed by atoms with Gasteiger partial charge in [0.05, 0.1) is 11.0 Å². The topological polar surface area (TPSA) is 69.2 Å². The molecule has 1 saturated carbocycles. The van der Waals surface area contributed by atoms with E-state index in [0.29, 0.717) is 5.56 Å². The normalized spacial score (nSPS) is 24.7. The molecular weight excluding hydrogens is 187 g/mol. The number of hydrogen-bond acceptors (Lipinski definition) is 3. The van der Waals surface area contributed by atoms with Gasteiger partial charge in [0.25, 0.3) is 5.69 Å². The van der Waals surface area contributed by atoms with Crippen LogP contribution in [0.1, 0.15) is 17.9 Å². The van der Waals surface area contributed by atoms with Gasteiger partial charge >= 0.3 is 0 Å². The second kappa shape index (κ2) is 3.02. The summed E-state index contributed by atoms with van der Waals surface area (Å²) in [5.74, 6) is -0.493. The SMILES string of the molecule is NC1CC1c1ccc([N+](=O)[O-])cc1F. The van der Waals surface area contributed by atoms with Crippen LogP contribution < -0.4 is 5.73 Å². The van der Waals surface area contributed by atoms with Gasteiger partial charge in [-0.25, -0.2) is 4.39 Å². The molecule has 0 spiro atoms. The van der Waals surface area contributed by atoms with Crippen molar-refractivity contribution in [1.82, 2.24) is 0 Å². The minimum Gasteiger partial charge on any atom is -0.327 e. The standard InChI is InChI=1S/C9H9FN2O2/c10-8-3-5(12(13)14)1-2-6(8)7-4-9(7)11/h1-3,7,9H,4,11H2. The van der Waals surface area contributed by atoms with E-state index in [1.165, 1.54) is 12.1 Å². The maximum atomic E-state index is 13.3. The zero-order chi connectivity index (χ0) is 10.3. The Balaban J connectivity index is 2.32. The van der Waals surface area contributed by atoms with E-state index in [-0.39, 0.29) is 17.6 Å². The molecule has 0 radical (unpaired) electrons. The van der Waals surface area contributed by atoms with Crippen molar-refractivity contribution in [2.75, 3.05) is 0 Å². The van der Waals surface area contributed by atoms with Crippen molar-refractivity contribution < 1.29 is 9.31 Å². The maximum absolute atomic E-state index is 13.3. The minimum absolute atomic E-state index is 0.00551. The summed E-state index contributed by atoms with van der Waals surface area (Å²) in [7, 11) is 0. The quantitative estimate of drug-likeness (QED) is 0.576. The highest BCUT2D eigenvalue weighted by Crippen LogP contribution is 2.40. The van der Waals surface area contributed by atoms with Crippen molar-refractivity contribution in [2.45, 2.75) is 18.4 Å². The molecule has 0 aliphatic heterocycles. The first kappa shape index (κ1) is 9.08. The Morgan fingerprint density at radius 1 is 1.57 bits per heavy atom. The van der Waals surface area contributed by atoms with Crippen LogP contribution in [0.2, 0.25) is 0 Å². The second-order valence-corrected chi connectivity index (χ2v) is 3.47. The zero-order valence-corrected chi connectivity index (χ0v) is 7.31. The lowest BCUT2D eigenvalue weighted by molar-refractivity contribution is -0.385. The molecule has 4 nitrogen and oxygen atoms in total. The molecular formula is C9H9FN2O2. The molecule has 1 aromatic carbocycles. The average Bonchev–Trinajstić information content (AvgIpc) is 2.82. The van der Waals surface area contributed by atoms with Gasteiger partial charge in [-0.3, -0.25) is 10.1 Å². The summed E-state index contributed by atoms with van der Waals surface area (Å²) in [6, 6.07) is 3.71. The fourth-order valence-corrected chi connectivity index (χ4v) is 1.50.